The molecule has 0 aromatic rings. The maximum atomic E-state index is 11.0. The SMILES string of the molecule is CC(=O)Oc1cc2cc(C)oc(C(C)=CC(=O)O)c-2c1. The summed E-state index contributed by atoms with van der Waals surface area (Å²) in [6, 6.07) is 5.19. The predicted molar refractivity (Wildman–Crippen MR) is 72.7 cm³/mol. The number of fused-ring (bicyclic) bond motifs is 1. The van der Waals surface area contributed by atoms with Gasteiger partial charge in [0.15, 0.2) is 0 Å². The van der Waals surface area contributed by atoms with Gasteiger partial charge in [-0.2, -0.15) is 0 Å². The summed E-state index contributed by atoms with van der Waals surface area (Å²) < 4.78 is 10.6. The van der Waals surface area contributed by atoms with E-state index >= 15 is 0 Å². The number of aryl methyl sites for hydroxylation is 1. The van der Waals surface area contributed by atoms with Crippen molar-refractivity contribution in [3.8, 4) is 16.9 Å². The van der Waals surface area contributed by atoms with Crippen LogP contribution in [0.1, 0.15) is 25.4 Å². The van der Waals surface area contributed by atoms with Crippen molar-refractivity contribution in [1.29, 1.82) is 0 Å². The van der Waals surface area contributed by atoms with Crippen molar-refractivity contribution in [3.63, 3.8) is 0 Å². The lowest BCUT2D eigenvalue weighted by Gasteiger charge is -2.08. The Balaban J connectivity index is 2.57. The van der Waals surface area contributed by atoms with Crippen LogP contribution in [-0.2, 0) is 9.59 Å². The molecule has 2 aliphatic rings. The van der Waals surface area contributed by atoms with Crippen LogP contribution in [0.4, 0.5) is 0 Å². The molecule has 5 heteroatoms. The van der Waals surface area contributed by atoms with Gasteiger partial charge < -0.3 is 14.3 Å². The van der Waals surface area contributed by atoms with Gasteiger partial charge in [-0.15, -0.1) is 0 Å². The first-order chi connectivity index (χ1) is 9.36. The Kier molecular flexibility index (Phi) is 3.61. The number of hydrogen-bond acceptors (Lipinski definition) is 4. The topological polar surface area (TPSA) is 76.7 Å². The van der Waals surface area contributed by atoms with Crippen molar-refractivity contribution in [2.24, 2.45) is 0 Å². The molecule has 104 valence electrons. The highest BCUT2D eigenvalue weighted by Gasteiger charge is 2.17. The molecule has 0 atom stereocenters. The van der Waals surface area contributed by atoms with Crippen LogP contribution < -0.4 is 4.74 Å². The second kappa shape index (κ2) is 5.21. The van der Waals surface area contributed by atoms with Crippen LogP contribution >= 0.6 is 0 Å². The van der Waals surface area contributed by atoms with E-state index in [2.05, 4.69) is 0 Å². The minimum Gasteiger partial charge on any atom is -0.478 e. The zero-order valence-corrected chi connectivity index (χ0v) is 11.4. The molecule has 1 heterocycles. The van der Waals surface area contributed by atoms with Crippen molar-refractivity contribution < 1.29 is 23.8 Å². The summed E-state index contributed by atoms with van der Waals surface area (Å²) >= 11 is 0. The Hall–Kier alpha value is -2.56. The van der Waals surface area contributed by atoms with Crippen LogP contribution in [0.25, 0.3) is 16.7 Å². The summed E-state index contributed by atoms with van der Waals surface area (Å²) in [6.07, 6.45) is 1.08. The number of carboxylic acids is 1. The standard InChI is InChI=1S/C15H14O5/c1-8(4-14(17)18)15-13-7-12(20-10(3)16)6-11(13)5-9(2)19-15/h4-7H,1-3H3,(H,17,18). The third kappa shape index (κ3) is 2.88. The molecule has 1 aliphatic carbocycles. The van der Waals surface area contributed by atoms with E-state index in [4.69, 9.17) is 14.3 Å². The van der Waals surface area contributed by atoms with Gasteiger partial charge in [-0.3, -0.25) is 4.79 Å². The molecule has 2 rings (SSSR count). The molecule has 0 radical (unpaired) electrons. The van der Waals surface area contributed by atoms with E-state index in [1.54, 1.807) is 32.0 Å². The molecule has 0 spiro atoms. The molecule has 0 saturated heterocycles. The first-order valence-corrected chi connectivity index (χ1v) is 6.01. The van der Waals surface area contributed by atoms with Crippen molar-refractivity contribution in [2.75, 3.05) is 0 Å². The van der Waals surface area contributed by atoms with Gasteiger partial charge in [0.05, 0.1) is 0 Å². The number of carbonyl (C=O) groups is 2. The molecule has 1 aliphatic heterocycles. The van der Waals surface area contributed by atoms with Crippen molar-refractivity contribution in [1.82, 2.24) is 0 Å². The summed E-state index contributed by atoms with van der Waals surface area (Å²) in [6.45, 7) is 4.75. The fourth-order valence-corrected chi connectivity index (χ4v) is 2.05. The van der Waals surface area contributed by atoms with Crippen LogP contribution in [0.5, 0.6) is 5.75 Å². The summed E-state index contributed by atoms with van der Waals surface area (Å²) in [5, 5.41) is 8.82. The molecule has 0 amide bonds. The summed E-state index contributed by atoms with van der Waals surface area (Å²) in [7, 11) is 0. The number of esters is 1. The monoisotopic (exact) mass is 274 g/mol. The Morgan fingerprint density at radius 1 is 1.25 bits per heavy atom. The largest absolute Gasteiger partial charge is 0.478 e. The smallest absolute Gasteiger partial charge is 0.328 e. The fourth-order valence-electron chi connectivity index (χ4n) is 2.05. The lowest BCUT2D eigenvalue weighted by Crippen LogP contribution is -1.99. The molecular weight excluding hydrogens is 260 g/mol. The molecule has 0 aromatic carbocycles. The van der Waals surface area contributed by atoms with Gasteiger partial charge in [0.1, 0.15) is 17.3 Å². The molecule has 20 heavy (non-hydrogen) atoms. The van der Waals surface area contributed by atoms with E-state index in [-0.39, 0.29) is 0 Å². The van der Waals surface area contributed by atoms with Crippen molar-refractivity contribution in [2.45, 2.75) is 20.8 Å². The lowest BCUT2D eigenvalue weighted by molar-refractivity contribution is -0.132. The molecule has 5 nitrogen and oxygen atoms in total. The molecule has 0 fully saturated rings. The molecule has 0 saturated carbocycles. The van der Waals surface area contributed by atoms with Gasteiger partial charge >= 0.3 is 11.9 Å². The summed E-state index contributed by atoms with van der Waals surface area (Å²) in [5.41, 5.74) is 2.03. The average molecular weight is 274 g/mol. The van der Waals surface area contributed by atoms with Crippen LogP contribution in [0, 0.1) is 6.92 Å². The average Bonchev–Trinajstić information content (AvgIpc) is 2.67. The van der Waals surface area contributed by atoms with E-state index in [0.29, 0.717) is 28.4 Å². The first kappa shape index (κ1) is 13.9. The minimum absolute atomic E-state index is 0.409. The second-order valence-corrected chi connectivity index (χ2v) is 4.51. The normalized spacial score (nSPS) is 11.7. The molecule has 0 aromatic heterocycles. The van der Waals surface area contributed by atoms with E-state index < -0.39 is 11.9 Å². The molecule has 1 N–H and O–H groups in total. The highest BCUT2D eigenvalue weighted by atomic mass is 16.5. The Morgan fingerprint density at radius 3 is 2.55 bits per heavy atom. The zero-order valence-electron chi connectivity index (χ0n) is 11.4. The van der Waals surface area contributed by atoms with Crippen molar-refractivity contribution >= 4 is 17.5 Å². The number of hydrogen-bond donors (Lipinski definition) is 1. The predicted octanol–water partition coefficient (Wildman–Crippen LogP) is 3.11. The van der Waals surface area contributed by atoms with Gasteiger partial charge in [0.25, 0.3) is 0 Å². The number of allylic oxidation sites excluding steroid dienone is 1. The highest BCUT2D eigenvalue weighted by molar-refractivity contribution is 5.92. The Bertz CT molecular complexity index is 678. The van der Waals surface area contributed by atoms with Crippen LogP contribution in [-0.4, -0.2) is 17.0 Å². The lowest BCUT2D eigenvalue weighted by atomic mass is 10.0. The third-order valence-electron chi connectivity index (χ3n) is 2.72. The quantitative estimate of drug-likeness (QED) is 0.687. The van der Waals surface area contributed by atoms with Gasteiger partial charge in [0, 0.05) is 18.6 Å². The molecule has 0 bridgehead atoms. The van der Waals surface area contributed by atoms with E-state index in [1.807, 2.05) is 0 Å². The maximum absolute atomic E-state index is 11.0. The van der Waals surface area contributed by atoms with E-state index in [9.17, 15) is 9.59 Å². The number of aliphatic carboxylic acids is 1. The Morgan fingerprint density at radius 2 is 1.95 bits per heavy atom. The minimum atomic E-state index is -1.04. The van der Waals surface area contributed by atoms with Crippen LogP contribution in [0.3, 0.4) is 0 Å². The fraction of sp³-hybridized carbons (Fsp3) is 0.200. The van der Waals surface area contributed by atoms with E-state index in [0.717, 1.165) is 11.6 Å². The third-order valence-corrected chi connectivity index (χ3v) is 2.72. The summed E-state index contributed by atoms with van der Waals surface area (Å²) in [5.74, 6) is 0.0662. The maximum Gasteiger partial charge on any atom is 0.328 e. The number of rotatable bonds is 3. The molecule has 0 unspecified atom stereocenters. The second-order valence-electron chi connectivity index (χ2n) is 4.51. The highest BCUT2D eigenvalue weighted by Crippen LogP contribution is 2.37. The Labute approximate surface area is 115 Å². The van der Waals surface area contributed by atoms with Crippen LogP contribution in [0.15, 0.2) is 28.7 Å². The number of carbonyl (C=O) groups excluding carboxylic acids is 1. The van der Waals surface area contributed by atoms with Crippen molar-refractivity contribution in [3.05, 3.63) is 35.8 Å². The number of carboxylic acid groups (broad SMARTS) is 1. The van der Waals surface area contributed by atoms with E-state index in [1.165, 1.54) is 6.92 Å². The first-order valence-electron chi connectivity index (χ1n) is 6.01. The van der Waals surface area contributed by atoms with Gasteiger partial charge in [-0.25, -0.2) is 4.79 Å². The van der Waals surface area contributed by atoms with Gasteiger partial charge in [-0.05, 0) is 43.2 Å². The van der Waals surface area contributed by atoms with Gasteiger partial charge in [-0.1, -0.05) is 0 Å². The number of ether oxygens (including phenoxy) is 1. The van der Waals surface area contributed by atoms with Crippen LogP contribution in [0.2, 0.25) is 0 Å². The summed E-state index contributed by atoms with van der Waals surface area (Å²) in [4.78, 5) is 21.8. The van der Waals surface area contributed by atoms with Gasteiger partial charge in [0.2, 0.25) is 0 Å². The zero-order chi connectivity index (χ0) is 14.9. The molecular formula is C15H14O5.